The Hall–Kier alpha value is -2.08. The highest BCUT2D eigenvalue weighted by Gasteiger charge is 2.29. The first-order valence-electron chi connectivity index (χ1n) is 7.23. The Morgan fingerprint density at radius 2 is 1.86 bits per heavy atom. The first-order valence-corrected chi connectivity index (χ1v) is 9.05. The minimum Gasteiger partial charge on any atom is -0.350 e. The van der Waals surface area contributed by atoms with Gasteiger partial charge in [0.25, 0.3) is 5.91 Å². The van der Waals surface area contributed by atoms with Gasteiger partial charge >= 0.3 is 0 Å². The zero-order valence-corrected chi connectivity index (χ0v) is 12.9. The number of carbonyl (C=O) groups is 1. The molecule has 1 saturated heterocycles. The van der Waals surface area contributed by atoms with E-state index in [9.17, 15) is 13.2 Å². The summed E-state index contributed by atoms with van der Waals surface area (Å²) >= 11 is 0. The molecule has 0 bridgehead atoms. The Morgan fingerprint density at radius 3 is 2.45 bits per heavy atom. The summed E-state index contributed by atoms with van der Waals surface area (Å²) in [5, 5.41) is 2.79. The topological polar surface area (TPSA) is 68.2 Å². The van der Waals surface area contributed by atoms with Gasteiger partial charge in [0.2, 0.25) is 0 Å². The highest BCUT2D eigenvalue weighted by Crippen LogP contribution is 2.13. The van der Waals surface area contributed by atoms with Crippen molar-refractivity contribution >= 4 is 15.7 Å². The summed E-state index contributed by atoms with van der Waals surface area (Å²) in [7, 11) is -2.98. The van der Waals surface area contributed by atoms with Crippen LogP contribution in [0.1, 0.15) is 22.3 Å². The van der Waals surface area contributed by atoms with Gasteiger partial charge in [-0.15, -0.1) is 0 Å². The van der Waals surface area contributed by atoms with Crippen LogP contribution in [0.15, 0.2) is 48.8 Å². The predicted octanol–water partition coefficient (Wildman–Crippen LogP) is 1.45. The maximum absolute atomic E-state index is 12.1. The third kappa shape index (κ3) is 3.57. The molecule has 1 aliphatic heterocycles. The fourth-order valence-corrected chi connectivity index (χ4v) is 4.30. The molecular formula is C16H18N2O3S. The normalized spacial score (nSPS) is 19.9. The Bertz CT molecular complexity index is 749. The van der Waals surface area contributed by atoms with E-state index in [2.05, 4.69) is 9.88 Å². The van der Waals surface area contributed by atoms with Crippen LogP contribution >= 0.6 is 0 Å². The van der Waals surface area contributed by atoms with E-state index in [1.165, 1.54) is 0 Å². The first-order chi connectivity index (χ1) is 10.5. The maximum atomic E-state index is 12.1. The molecule has 22 heavy (non-hydrogen) atoms. The molecule has 0 aliphatic carbocycles. The maximum Gasteiger partial charge on any atom is 0.251 e. The summed E-state index contributed by atoms with van der Waals surface area (Å²) in [6.07, 6.45) is 4.47. The molecule has 1 aromatic heterocycles. The van der Waals surface area contributed by atoms with Crippen LogP contribution in [0.2, 0.25) is 0 Å². The van der Waals surface area contributed by atoms with Crippen molar-refractivity contribution in [3.05, 3.63) is 59.9 Å². The summed E-state index contributed by atoms with van der Waals surface area (Å²) in [5.74, 6) is -0.00676. The Balaban J connectivity index is 1.61. The van der Waals surface area contributed by atoms with Crippen molar-refractivity contribution in [2.75, 3.05) is 11.5 Å². The molecule has 1 fully saturated rings. The van der Waals surface area contributed by atoms with Gasteiger partial charge in [-0.25, -0.2) is 8.42 Å². The summed E-state index contributed by atoms with van der Waals surface area (Å²) in [5.41, 5.74) is 1.66. The van der Waals surface area contributed by atoms with Crippen LogP contribution in [0, 0.1) is 0 Å². The molecule has 0 unspecified atom stereocenters. The van der Waals surface area contributed by atoms with Crippen molar-refractivity contribution in [2.45, 2.75) is 19.0 Å². The van der Waals surface area contributed by atoms with Crippen LogP contribution in [0.4, 0.5) is 0 Å². The van der Waals surface area contributed by atoms with E-state index in [0.29, 0.717) is 12.0 Å². The molecule has 2 heterocycles. The van der Waals surface area contributed by atoms with Crippen LogP contribution in [0.5, 0.6) is 0 Å². The summed E-state index contributed by atoms with van der Waals surface area (Å²) in [6, 6.07) is 11.1. The van der Waals surface area contributed by atoms with Crippen LogP contribution in [0.25, 0.3) is 0 Å². The second kappa shape index (κ2) is 5.96. The molecule has 6 heteroatoms. The van der Waals surface area contributed by atoms with Crippen LogP contribution in [0.3, 0.4) is 0 Å². The first kappa shape index (κ1) is 14.8. The molecule has 3 rings (SSSR count). The average molecular weight is 318 g/mol. The van der Waals surface area contributed by atoms with Crippen molar-refractivity contribution in [1.82, 2.24) is 9.88 Å². The molecular weight excluding hydrogens is 300 g/mol. The van der Waals surface area contributed by atoms with Crippen molar-refractivity contribution in [3.63, 3.8) is 0 Å². The number of aromatic nitrogens is 1. The lowest BCUT2D eigenvalue weighted by Gasteiger charge is -2.11. The van der Waals surface area contributed by atoms with Crippen molar-refractivity contribution < 1.29 is 13.2 Å². The number of sulfone groups is 1. The molecule has 2 aromatic rings. The SMILES string of the molecule is O=C(N[C@@H]1CCS(=O)(=O)C1)c1ccc(Cn2cccc2)cc1. The van der Waals surface area contributed by atoms with Crippen molar-refractivity contribution in [3.8, 4) is 0 Å². The zero-order valence-electron chi connectivity index (χ0n) is 12.1. The molecule has 1 aromatic carbocycles. The number of nitrogens with zero attached hydrogens (tertiary/aromatic N) is 1. The molecule has 1 N–H and O–H groups in total. The van der Waals surface area contributed by atoms with Gasteiger partial charge in [-0.05, 0) is 36.2 Å². The molecule has 0 spiro atoms. The molecule has 116 valence electrons. The number of hydrogen-bond donors (Lipinski definition) is 1. The minimum absolute atomic E-state index is 0.0461. The van der Waals surface area contributed by atoms with Gasteiger partial charge in [-0.2, -0.15) is 0 Å². The number of carbonyl (C=O) groups excluding carboxylic acids is 1. The minimum atomic E-state index is -2.98. The largest absolute Gasteiger partial charge is 0.350 e. The second-order valence-electron chi connectivity index (χ2n) is 5.63. The van der Waals surface area contributed by atoms with E-state index in [0.717, 1.165) is 12.1 Å². The molecule has 1 aliphatic rings. The number of amides is 1. The summed E-state index contributed by atoms with van der Waals surface area (Å²) in [4.78, 5) is 12.1. The fraction of sp³-hybridized carbons (Fsp3) is 0.312. The number of hydrogen-bond acceptors (Lipinski definition) is 3. The fourth-order valence-electron chi connectivity index (χ4n) is 2.63. The number of nitrogens with one attached hydrogen (secondary N) is 1. The highest BCUT2D eigenvalue weighted by molar-refractivity contribution is 7.91. The molecule has 0 saturated carbocycles. The van der Waals surface area contributed by atoms with E-state index in [4.69, 9.17) is 0 Å². The monoisotopic (exact) mass is 318 g/mol. The molecule has 1 amide bonds. The zero-order chi connectivity index (χ0) is 15.6. The lowest BCUT2D eigenvalue weighted by atomic mass is 10.1. The van der Waals surface area contributed by atoms with E-state index in [1.807, 2.05) is 36.7 Å². The summed E-state index contributed by atoms with van der Waals surface area (Å²) < 4.78 is 24.9. The van der Waals surface area contributed by atoms with E-state index >= 15 is 0 Å². The number of benzene rings is 1. The smallest absolute Gasteiger partial charge is 0.251 e. The average Bonchev–Trinajstić information content (AvgIpc) is 3.09. The van der Waals surface area contributed by atoms with Crippen LogP contribution in [-0.4, -0.2) is 36.4 Å². The molecule has 1 atom stereocenters. The Kier molecular flexibility index (Phi) is 4.02. The third-order valence-electron chi connectivity index (χ3n) is 3.82. The van der Waals surface area contributed by atoms with E-state index < -0.39 is 9.84 Å². The standard InChI is InChI=1S/C16H18N2O3S/c19-16(17-15-7-10-22(20,21)12-15)14-5-3-13(4-6-14)11-18-8-1-2-9-18/h1-6,8-9,15H,7,10-12H2,(H,17,19)/t15-/m1/s1. The van der Waals surface area contributed by atoms with Gasteiger partial charge in [0.1, 0.15) is 0 Å². The quantitative estimate of drug-likeness (QED) is 0.928. The van der Waals surface area contributed by atoms with E-state index in [-0.39, 0.29) is 23.5 Å². The molecule has 0 radical (unpaired) electrons. The lowest BCUT2D eigenvalue weighted by Crippen LogP contribution is -2.35. The van der Waals surface area contributed by atoms with E-state index in [1.54, 1.807) is 12.1 Å². The van der Waals surface area contributed by atoms with Crippen molar-refractivity contribution in [1.29, 1.82) is 0 Å². The number of rotatable bonds is 4. The highest BCUT2D eigenvalue weighted by atomic mass is 32.2. The second-order valence-corrected chi connectivity index (χ2v) is 7.85. The van der Waals surface area contributed by atoms with Crippen LogP contribution < -0.4 is 5.32 Å². The van der Waals surface area contributed by atoms with Gasteiger partial charge in [-0.3, -0.25) is 4.79 Å². The van der Waals surface area contributed by atoms with Crippen LogP contribution in [-0.2, 0) is 16.4 Å². The summed E-state index contributed by atoms with van der Waals surface area (Å²) in [6.45, 7) is 0.760. The van der Waals surface area contributed by atoms with Gasteiger partial charge in [-0.1, -0.05) is 12.1 Å². The molecule has 5 nitrogen and oxygen atoms in total. The lowest BCUT2D eigenvalue weighted by molar-refractivity contribution is 0.0941. The van der Waals surface area contributed by atoms with Gasteiger partial charge in [0, 0.05) is 30.5 Å². The third-order valence-corrected chi connectivity index (χ3v) is 5.58. The Morgan fingerprint density at radius 1 is 1.18 bits per heavy atom. The van der Waals surface area contributed by atoms with Gasteiger partial charge in [0.15, 0.2) is 9.84 Å². The van der Waals surface area contributed by atoms with Crippen molar-refractivity contribution in [2.24, 2.45) is 0 Å². The van der Waals surface area contributed by atoms with Gasteiger partial charge < -0.3 is 9.88 Å². The Labute approximate surface area is 129 Å². The predicted molar refractivity (Wildman–Crippen MR) is 84.5 cm³/mol. The van der Waals surface area contributed by atoms with Gasteiger partial charge in [0.05, 0.1) is 11.5 Å².